The molecule has 1 amide bonds. The Hall–Kier alpha value is -0.940. The summed E-state index contributed by atoms with van der Waals surface area (Å²) < 4.78 is 0. The summed E-state index contributed by atoms with van der Waals surface area (Å²) in [4.78, 5) is 17.4. The van der Waals surface area contributed by atoms with Crippen molar-refractivity contribution in [2.24, 2.45) is 0 Å². The fourth-order valence-corrected chi connectivity index (χ4v) is 1.74. The number of nitrogens with zero attached hydrogens (tertiary/aromatic N) is 2. The number of thioether (sulfide) groups is 1. The monoisotopic (exact) mass is 259 g/mol. The van der Waals surface area contributed by atoms with Crippen LogP contribution in [0, 0.1) is 0 Å². The molecule has 2 N–H and O–H groups in total. The maximum Gasteiger partial charge on any atom is 0.255 e. The molecule has 88 valence electrons. The number of hydrogen-bond acceptors (Lipinski definition) is 4. The molecule has 1 rings (SSSR count). The van der Waals surface area contributed by atoms with Crippen LogP contribution in [0.4, 0.5) is 5.82 Å². The predicted octanol–water partition coefficient (Wildman–Crippen LogP) is 1.75. The van der Waals surface area contributed by atoms with Crippen LogP contribution < -0.4 is 5.73 Å². The minimum absolute atomic E-state index is 0.0940. The summed E-state index contributed by atoms with van der Waals surface area (Å²) in [6.45, 7) is 0.696. The number of hydrogen-bond donors (Lipinski definition) is 1. The quantitative estimate of drug-likeness (QED) is 0.895. The van der Waals surface area contributed by atoms with Gasteiger partial charge in [-0.1, -0.05) is 11.6 Å². The molecule has 0 aliphatic rings. The number of amides is 1. The first-order valence-corrected chi connectivity index (χ1v) is 6.49. The highest BCUT2D eigenvalue weighted by molar-refractivity contribution is 7.98. The molecule has 0 aliphatic carbocycles. The van der Waals surface area contributed by atoms with Gasteiger partial charge < -0.3 is 10.6 Å². The number of carbonyl (C=O) groups is 1. The second kappa shape index (κ2) is 5.96. The molecule has 0 unspecified atom stereocenters. The first-order valence-electron chi connectivity index (χ1n) is 4.71. The molecule has 16 heavy (non-hydrogen) atoms. The Bertz CT molecular complexity index is 386. The van der Waals surface area contributed by atoms with E-state index in [0.29, 0.717) is 17.1 Å². The van der Waals surface area contributed by atoms with Gasteiger partial charge in [-0.3, -0.25) is 4.79 Å². The molecule has 0 fully saturated rings. The molecular formula is C10H14ClN3OS. The first kappa shape index (κ1) is 13.1. The average molecular weight is 260 g/mol. The van der Waals surface area contributed by atoms with Crippen LogP contribution >= 0.6 is 23.4 Å². The fraction of sp³-hybridized carbons (Fsp3) is 0.400. The number of anilines is 1. The molecule has 0 aromatic carbocycles. The third-order valence-electron chi connectivity index (χ3n) is 2.09. The van der Waals surface area contributed by atoms with Crippen LogP contribution in [0.1, 0.15) is 10.4 Å². The molecule has 1 aromatic heterocycles. The second-order valence-electron chi connectivity index (χ2n) is 3.31. The number of halogens is 1. The fourth-order valence-electron chi connectivity index (χ4n) is 1.12. The van der Waals surface area contributed by atoms with Gasteiger partial charge in [0.15, 0.2) is 0 Å². The summed E-state index contributed by atoms with van der Waals surface area (Å²) >= 11 is 7.50. The van der Waals surface area contributed by atoms with Gasteiger partial charge in [0.1, 0.15) is 5.82 Å². The molecule has 6 heteroatoms. The third-order valence-corrected chi connectivity index (χ3v) is 2.99. The zero-order valence-corrected chi connectivity index (χ0v) is 10.8. The van der Waals surface area contributed by atoms with Crippen molar-refractivity contribution in [1.82, 2.24) is 9.88 Å². The van der Waals surface area contributed by atoms with Gasteiger partial charge in [0, 0.05) is 25.5 Å². The van der Waals surface area contributed by atoms with Gasteiger partial charge in [-0.25, -0.2) is 4.98 Å². The number of rotatable bonds is 4. The Morgan fingerprint density at radius 1 is 1.69 bits per heavy atom. The Morgan fingerprint density at radius 2 is 2.38 bits per heavy atom. The highest BCUT2D eigenvalue weighted by Crippen LogP contribution is 2.17. The molecular weight excluding hydrogens is 246 g/mol. The minimum atomic E-state index is -0.0940. The summed E-state index contributed by atoms with van der Waals surface area (Å²) in [6.07, 6.45) is 3.44. The molecule has 0 radical (unpaired) electrons. The van der Waals surface area contributed by atoms with Gasteiger partial charge in [-0.05, 0) is 12.3 Å². The number of nitrogens with two attached hydrogens (primary N) is 1. The standard InChI is InChI=1S/C10H14ClN3OS/c1-14(3-4-16-2)10(15)7-5-8(11)9(12)13-6-7/h5-6H,3-4H2,1-2H3,(H2,12,13). The van der Waals surface area contributed by atoms with E-state index in [1.54, 1.807) is 29.8 Å². The summed E-state index contributed by atoms with van der Waals surface area (Å²) in [5.41, 5.74) is 5.93. The lowest BCUT2D eigenvalue weighted by atomic mass is 10.2. The Morgan fingerprint density at radius 3 is 2.94 bits per heavy atom. The van der Waals surface area contributed by atoms with Gasteiger partial charge in [0.25, 0.3) is 5.91 Å². The SMILES string of the molecule is CSCCN(C)C(=O)c1cnc(N)c(Cl)c1. The molecule has 0 atom stereocenters. The van der Waals surface area contributed by atoms with Crippen molar-refractivity contribution in [2.75, 3.05) is 31.3 Å². The normalized spacial score (nSPS) is 10.2. The van der Waals surface area contributed by atoms with Crippen molar-refractivity contribution < 1.29 is 4.79 Å². The Balaban J connectivity index is 2.76. The second-order valence-corrected chi connectivity index (χ2v) is 4.70. The van der Waals surface area contributed by atoms with E-state index in [-0.39, 0.29) is 11.7 Å². The molecule has 0 spiro atoms. The van der Waals surface area contributed by atoms with Crippen LogP contribution in [0.5, 0.6) is 0 Å². The number of aromatic nitrogens is 1. The topological polar surface area (TPSA) is 59.2 Å². The smallest absolute Gasteiger partial charge is 0.255 e. The van der Waals surface area contributed by atoms with E-state index >= 15 is 0 Å². The van der Waals surface area contributed by atoms with E-state index in [1.807, 2.05) is 6.26 Å². The summed E-state index contributed by atoms with van der Waals surface area (Å²) in [5.74, 6) is 1.05. The Kier molecular flexibility index (Phi) is 4.89. The molecule has 0 bridgehead atoms. The van der Waals surface area contributed by atoms with Crippen LogP contribution in [-0.2, 0) is 0 Å². The molecule has 1 aromatic rings. The van der Waals surface area contributed by atoms with Crippen LogP contribution in [0.2, 0.25) is 5.02 Å². The predicted molar refractivity (Wildman–Crippen MR) is 69.0 cm³/mol. The van der Waals surface area contributed by atoms with E-state index in [4.69, 9.17) is 17.3 Å². The zero-order valence-electron chi connectivity index (χ0n) is 9.24. The van der Waals surface area contributed by atoms with Crippen LogP contribution in [0.3, 0.4) is 0 Å². The van der Waals surface area contributed by atoms with Gasteiger partial charge >= 0.3 is 0 Å². The lowest BCUT2D eigenvalue weighted by Crippen LogP contribution is -2.29. The van der Waals surface area contributed by atoms with Gasteiger partial charge in [-0.2, -0.15) is 11.8 Å². The summed E-state index contributed by atoms with van der Waals surface area (Å²) in [5, 5.41) is 0.309. The van der Waals surface area contributed by atoms with E-state index in [0.717, 1.165) is 5.75 Å². The highest BCUT2D eigenvalue weighted by Gasteiger charge is 2.12. The minimum Gasteiger partial charge on any atom is -0.382 e. The lowest BCUT2D eigenvalue weighted by molar-refractivity contribution is 0.0803. The van der Waals surface area contributed by atoms with Crippen LogP contribution in [0.15, 0.2) is 12.3 Å². The zero-order chi connectivity index (χ0) is 12.1. The largest absolute Gasteiger partial charge is 0.382 e. The average Bonchev–Trinajstić information content (AvgIpc) is 2.28. The number of nitrogen functional groups attached to an aromatic ring is 1. The molecule has 0 saturated carbocycles. The number of pyridine rings is 1. The number of carbonyl (C=O) groups excluding carboxylic acids is 1. The maximum atomic E-state index is 11.9. The third kappa shape index (κ3) is 3.28. The summed E-state index contributed by atoms with van der Waals surface area (Å²) in [6, 6.07) is 1.54. The summed E-state index contributed by atoms with van der Waals surface area (Å²) in [7, 11) is 1.75. The first-order chi connectivity index (χ1) is 7.56. The van der Waals surface area contributed by atoms with Crippen molar-refractivity contribution in [1.29, 1.82) is 0 Å². The van der Waals surface area contributed by atoms with Gasteiger partial charge in [0.05, 0.1) is 10.6 Å². The molecule has 4 nitrogen and oxygen atoms in total. The lowest BCUT2D eigenvalue weighted by Gasteiger charge is -2.16. The highest BCUT2D eigenvalue weighted by atomic mass is 35.5. The van der Waals surface area contributed by atoms with Crippen molar-refractivity contribution in [3.8, 4) is 0 Å². The van der Waals surface area contributed by atoms with Crippen molar-refractivity contribution in [2.45, 2.75) is 0 Å². The van der Waals surface area contributed by atoms with E-state index in [9.17, 15) is 4.79 Å². The van der Waals surface area contributed by atoms with Gasteiger partial charge in [0.2, 0.25) is 0 Å². The Labute approximate surface area is 104 Å². The van der Waals surface area contributed by atoms with E-state index in [2.05, 4.69) is 4.98 Å². The molecule has 0 aliphatic heterocycles. The van der Waals surface area contributed by atoms with Crippen molar-refractivity contribution >= 4 is 35.1 Å². The molecule has 1 heterocycles. The van der Waals surface area contributed by atoms with Crippen LogP contribution in [-0.4, -0.2) is 41.4 Å². The molecule has 0 saturated heterocycles. The van der Waals surface area contributed by atoms with Crippen molar-refractivity contribution in [3.05, 3.63) is 22.8 Å². The van der Waals surface area contributed by atoms with Gasteiger partial charge in [-0.15, -0.1) is 0 Å². The van der Waals surface area contributed by atoms with Crippen molar-refractivity contribution in [3.63, 3.8) is 0 Å². The van der Waals surface area contributed by atoms with E-state index < -0.39 is 0 Å². The van der Waals surface area contributed by atoms with E-state index in [1.165, 1.54) is 6.20 Å². The maximum absolute atomic E-state index is 11.9. The van der Waals surface area contributed by atoms with Crippen LogP contribution in [0.25, 0.3) is 0 Å².